The number of benzene rings is 2. The van der Waals surface area contributed by atoms with Gasteiger partial charge in [-0.1, -0.05) is 36.4 Å². The summed E-state index contributed by atoms with van der Waals surface area (Å²) < 4.78 is 0. The maximum Gasteiger partial charge on any atom is 0.221 e. The Bertz CT molecular complexity index is 704. The van der Waals surface area contributed by atoms with Crippen LogP contribution in [0, 0.1) is 0 Å². The molecule has 0 heterocycles. The van der Waals surface area contributed by atoms with Gasteiger partial charge in [0.2, 0.25) is 5.91 Å². The van der Waals surface area contributed by atoms with E-state index in [-0.39, 0.29) is 5.91 Å². The summed E-state index contributed by atoms with van der Waals surface area (Å²) in [7, 11) is 0. The quantitative estimate of drug-likeness (QED) is 0.625. The minimum Gasteiger partial charge on any atom is -0.362 e. The van der Waals surface area contributed by atoms with Crippen LogP contribution in [0.25, 0.3) is 0 Å². The molecule has 0 spiro atoms. The van der Waals surface area contributed by atoms with Gasteiger partial charge in [-0.3, -0.25) is 9.79 Å². The zero-order valence-corrected chi connectivity index (χ0v) is 12.9. The molecule has 0 bridgehead atoms. The van der Waals surface area contributed by atoms with Gasteiger partial charge in [-0.2, -0.15) is 0 Å². The number of para-hydroxylation sites is 2. The Labute approximate surface area is 136 Å². The van der Waals surface area contributed by atoms with E-state index in [1.807, 2.05) is 66.7 Å². The third kappa shape index (κ3) is 6.44. The lowest BCUT2D eigenvalue weighted by Gasteiger charge is -2.01. The molecule has 0 aromatic heterocycles. The highest BCUT2D eigenvalue weighted by atomic mass is 16.1. The number of carbonyl (C=O) groups excluding carboxylic acids is 1. The summed E-state index contributed by atoms with van der Waals surface area (Å²) in [5.74, 6) is -0.139. The second-order valence-corrected chi connectivity index (χ2v) is 4.77. The number of hydrogen-bond acceptors (Lipinski definition) is 3. The topological polar surface area (TPSA) is 53.5 Å². The first kappa shape index (κ1) is 16.2. The Balaban J connectivity index is 2.02. The monoisotopic (exact) mass is 305 g/mol. The van der Waals surface area contributed by atoms with Crippen LogP contribution in [0.2, 0.25) is 0 Å². The van der Waals surface area contributed by atoms with Crippen molar-refractivity contribution in [2.24, 2.45) is 4.99 Å². The number of nitrogens with zero attached hydrogens (tertiary/aromatic N) is 1. The minimum atomic E-state index is -0.139. The van der Waals surface area contributed by atoms with Crippen LogP contribution in [0.4, 0.5) is 11.4 Å². The highest BCUT2D eigenvalue weighted by Gasteiger charge is 1.95. The molecule has 2 aromatic rings. The molecule has 0 fully saturated rings. The number of rotatable bonds is 6. The van der Waals surface area contributed by atoms with E-state index in [1.54, 1.807) is 18.5 Å². The van der Waals surface area contributed by atoms with Crippen LogP contribution in [-0.2, 0) is 4.79 Å². The maximum atomic E-state index is 11.3. The molecular formula is C19H19N3O. The molecule has 116 valence electrons. The van der Waals surface area contributed by atoms with Crippen LogP contribution >= 0.6 is 0 Å². The summed E-state index contributed by atoms with van der Waals surface area (Å²) in [4.78, 5) is 15.6. The van der Waals surface area contributed by atoms with E-state index in [9.17, 15) is 4.79 Å². The minimum absolute atomic E-state index is 0.139. The van der Waals surface area contributed by atoms with E-state index < -0.39 is 0 Å². The fraction of sp³-hybridized carbons (Fsp3) is 0.0526. The zero-order valence-electron chi connectivity index (χ0n) is 12.9. The highest BCUT2D eigenvalue weighted by Crippen LogP contribution is 2.09. The third-order valence-corrected chi connectivity index (χ3v) is 2.83. The number of aliphatic imine (C=N–C) groups is 1. The number of nitrogens with one attached hydrogen (secondary N) is 2. The number of allylic oxidation sites excluding steroid dienone is 3. The number of anilines is 1. The number of carbonyl (C=O) groups is 1. The maximum absolute atomic E-state index is 11.3. The third-order valence-electron chi connectivity index (χ3n) is 2.83. The molecule has 2 rings (SSSR count). The van der Waals surface area contributed by atoms with Gasteiger partial charge in [0.15, 0.2) is 0 Å². The smallest absolute Gasteiger partial charge is 0.221 e. The molecule has 0 aliphatic heterocycles. The van der Waals surface area contributed by atoms with Gasteiger partial charge in [0.1, 0.15) is 0 Å². The standard InChI is InChI=1S/C19H19N3O/c1-16(23)22-19(15-21-18-11-6-3-7-12-18)13-8-14-20-17-9-4-2-5-10-17/h2-15,20H,1H3,(H,22,23)/b14-8+,19-13-,21-15?. The van der Waals surface area contributed by atoms with Gasteiger partial charge in [-0.05, 0) is 36.4 Å². The molecule has 2 N–H and O–H groups in total. The average Bonchev–Trinajstić information content (AvgIpc) is 2.58. The van der Waals surface area contributed by atoms with E-state index in [0.717, 1.165) is 11.4 Å². The van der Waals surface area contributed by atoms with Gasteiger partial charge in [-0.15, -0.1) is 0 Å². The van der Waals surface area contributed by atoms with Crippen molar-refractivity contribution in [3.8, 4) is 0 Å². The van der Waals surface area contributed by atoms with Crippen LogP contribution in [0.5, 0.6) is 0 Å². The molecule has 0 saturated heterocycles. The molecule has 0 aliphatic carbocycles. The van der Waals surface area contributed by atoms with Crippen LogP contribution < -0.4 is 10.6 Å². The predicted molar refractivity (Wildman–Crippen MR) is 95.7 cm³/mol. The summed E-state index contributed by atoms with van der Waals surface area (Å²) >= 11 is 0. The van der Waals surface area contributed by atoms with Crippen LogP contribution in [0.1, 0.15) is 6.92 Å². The lowest BCUT2D eigenvalue weighted by molar-refractivity contribution is -0.118. The number of hydrogen-bond donors (Lipinski definition) is 2. The molecule has 0 saturated carbocycles. The zero-order chi connectivity index (χ0) is 16.3. The summed E-state index contributed by atoms with van der Waals surface area (Å²) in [6, 6.07) is 19.4. The molecule has 0 unspecified atom stereocenters. The SMILES string of the molecule is CC(=O)N/C(C=Nc1ccccc1)=C\C=C\Nc1ccccc1. The molecular weight excluding hydrogens is 286 g/mol. The average molecular weight is 305 g/mol. The van der Waals surface area contributed by atoms with Crippen LogP contribution in [0.15, 0.2) is 89.7 Å². The largest absolute Gasteiger partial charge is 0.362 e. The van der Waals surface area contributed by atoms with Crippen molar-refractivity contribution >= 4 is 23.5 Å². The Morgan fingerprint density at radius 3 is 2.30 bits per heavy atom. The van der Waals surface area contributed by atoms with Crippen molar-refractivity contribution in [1.29, 1.82) is 0 Å². The lowest BCUT2D eigenvalue weighted by atomic mass is 10.3. The van der Waals surface area contributed by atoms with Crippen LogP contribution in [-0.4, -0.2) is 12.1 Å². The molecule has 0 atom stereocenters. The molecule has 4 heteroatoms. The lowest BCUT2D eigenvalue weighted by Crippen LogP contribution is -2.19. The van der Waals surface area contributed by atoms with Gasteiger partial charge in [0.05, 0.1) is 17.6 Å². The first-order valence-electron chi connectivity index (χ1n) is 7.29. The van der Waals surface area contributed by atoms with Crippen LogP contribution in [0.3, 0.4) is 0 Å². The van der Waals surface area contributed by atoms with Gasteiger partial charge in [0.25, 0.3) is 0 Å². The summed E-state index contributed by atoms with van der Waals surface area (Å²) in [6.45, 7) is 1.47. The van der Waals surface area contributed by atoms with Crippen molar-refractivity contribution in [2.45, 2.75) is 6.92 Å². The van der Waals surface area contributed by atoms with E-state index in [2.05, 4.69) is 15.6 Å². The van der Waals surface area contributed by atoms with Crippen molar-refractivity contribution in [3.63, 3.8) is 0 Å². The summed E-state index contributed by atoms with van der Waals surface area (Å²) in [5, 5.41) is 5.89. The van der Waals surface area contributed by atoms with E-state index >= 15 is 0 Å². The summed E-state index contributed by atoms with van der Waals surface area (Å²) in [5.41, 5.74) is 2.44. The predicted octanol–water partition coefficient (Wildman–Crippen LogP) is 4.03. The highest BCUT2D eigenvalue weighted by molar-refractivity contribution is 5.88. The molecule has 0 aliphatic rings. The second kappa shape index (κ2) is 9.00. The molecule has 4 nitrogen and oxygen atoms in total. The first-order valence-corrected chi connectivity index (χ1v) is 7.29. The molecule has 23 heavy (non-hydrogen) atoms. The molecule has 2 aromatic carbocycles. The second-order valence-electron chi connectivity index (χ2n) is 4.77. The van der Waals surface area contributed by atoms with Crippen molar-refractivity contribution in [1.82, 2.24) is 5.32 Å². The molecule has 1 amide bonds. The van der Waals surface area contributed by atoms with Gasteiger partial charge in [0, 0.05) is 18.8 Å². The number of amides is 1. The molecule has 0 radical (unpaired) electrons. The van der Waals surface area contributed by atoms with E-state index in [4.69, 9.17) is 0 Å². The fourth-order valence-corrected chi connectivity index (χ4v) is 1.81. The normalized spacial score (nSPS) is 11.8. The van der Waals surface area contributed by atoms with Gasteiger partial charge in [-0.25, -0.2) is 0 Å². The van der Waals surface area contributed by atoms with E-state index in [0.29, 0.717) is 5.70 Å². The van der Waals surface area contributed by atoms with Crippen molar-refractivity contribution < 1.29 is 4.79 Å². The first-order chi connectivity index (χ1) is 11.2. The van der Waals surface area contributed by atoms with Gasteiger partial charge >= 0.3 is 0 Å². The van der Waals surface area contributed by atoms with Crippen molar-refractivity contribution in [3.05, 3.63) is 84.7 Å². The Kier molecular flexibility index (Phi) is 6.35. The van der Waals surface area contributed by atoms with Gasteiger partial charge < -0.3 is 10.6 Å². The van der Waals surface area contributed by atoms with Crippen molar-refractivity contribution in [2.75, 3.05) is 5.32 Å². The Morgan fingerprint density at radius 2 is 1.65 bits per heavy atom. The fourth-order valence-electron chi connectivity index (χ4n) is 1.81. The Hall–Kier alpha value is -3.14. The Morgan fingerprint density at radius 1 is 1.00 bits per heavy atom. The summed E-state index contributed by atoms with van der Waals surface area (Å²) in [6.07, 6.45) is 7.02. The van der Waals surface area contributed by atoms with E-state index in [1.165, 1.54) is 6.92 Å².